The Morgan fingerprint density at radius 3 is 2.62 bits per heavy atom. The average Bonchev–Trinajstić information content (AvgIpc) is 3.68. The zero-order valence-electron chi connectivity index (χ0n) is 22.1. The number of carbonyl (C=O) groups is 2. The largest absolute Gasteiger partial charge is 0.464 e. The van der Waals surface area contributed by atoms with E-state index in [4.69, 9.17) is 10.5 Å². The number of carbonyl (C=O) groups excluding carboxylic acids is 2. The zero-order chi connectivity index (χ0) is 30.1. The van der Waals surface area contributed by atoms with Crippen molar-refractivity contribution < 1.29 is 28.0 Å². The van der Waals surface area contributed by atoms with Crippen molar-refractivity contribution >= 4 is 44.7 Å². The Hall–Kier alpha value is -5.25. The van der Waals surface area contributed by atoms with Crippen molar-refractivity contribution in [1.82, 2.24) is 24.5 Å². The van der Waals surface area contributed by atoms with Crippen LogP contribution in [0.3, 0.4) is 0 Å². The number of nitro groups is 1. The minimum Gasteiger partial charge on any atom is -0.464 e. The Morgan fingerprint density at radius 2 is 1.95 bits per heavy atom. The van der Waals surface area contributed by atoms with Gasteiger partial charge in [-0.05, 0) is 37.6 Å². The topological polar surface area (TPSA) is 173 Å². The first-order chi connectivity index (χ1) is 20.1. The van der Waals surface area contributed by atoms with Gasteiger partial charge in [0.1, 0.15) is 15.4 Å². The van der Waals surface area contributed by atoms with E-state index < -0.39 is 28.9 Å². The third-order valence-electron chi connectivity index (χ3n) is 6.22. The summed E-state index contributed by atoms with van der Waals surface area (Å²) >= 11 is 0.781. The highest BCUT2D eigenvalue weighted by atomic mass is 32.1. The number of hydrogen-bond donors (Lipinski definition) is 2. The third-order valence-corrected chi connectivity index (χ3v) is 7.31. The fraction of sp³-hybridized carbons (Fsp3) is 0.192. The highest BCUT2D eigenvalue weighted by molar-refractivity contribution is 7.21. The molecular weight excluding hydrogens is 574 g/mol. The molecule has 16 heteroatoms. The number of thiophene rings is 1. The van der Waals surface area contributed by atoms with Crippen LogP contribution in [-0.2, 0) is 13.3 Å². The van der Waals surface area contributed by atoms with Crippen LogP contribution < -0.4 is 15.8 Å². The van der Waals surface area contributed by atoms with E-state index >= 15 is 0 Å². The lowest BCUT2D eigenvalue weighted by atomic mass is 10.0. The van der Waals surface area contributed by atoms with Crippen LogP contribution in [0.15, 0.2) is 48.8 Å². The van der Waals surface area contributed by atoms with Crippen LogP contribution in [-0.4, -0.2) is 41.3 Å². The predicted octanol–water partition coefficient (Wildman–Crippen LogP) is 4.92. The number of aryl methyl sites for hydroxylation is 2. The summed E-state index contributed by atoms with van der Waals surface area (Å²) in [5.74, 6) is -1.60. The smallest absolute Gasteiger partial charge is 0.311 e. The Kier molecular flexibility index (Phi) is 7.62. The molecule has 216 valence electrons. The number of fused-ring (bicyclic) bond motifs is 1. The second-order valence-electron chi connectivity index (χ2n) is 8.92. The first-order valence-corrected chi connectivity index (χ1v) is 13.2. The molecule has 0 fully saturated rings. The second kappa shape index (κ2) is 11.3. The molecular formula is C26H22F2N8O5S. The van der Waals surface area contributed by atoms with Gasteiger partial charge >= 0.3 is 5.69 Å². The van der Waals surface area contributed by atoms with Crippen molar-refractivity contribution in [2.75, 3.05) is 5.32 Å². The fourth-order valence-electron chi connectivity index (χ4n) is 4.28. The molecule has 42 heavy (non-hydrogen) atoms. The molecule has 0 aliphatic heterocycles. The maximum Gasteiger partial charge on any atom is 0.311 e. The van der Waals surface area contributed by atoms with Crippen LogP contribution in [0.1, 0.15) is 44.9 Å². The number of amides is 2. The summed E-state index contributed by atoms with van der Waals surface area (Å²) in [7, 11) is 0. The lowest BCUT2D eigenvalue weighted by Crippen LogP contribution is -2.18. The first kappa shape index (κ1) is 28.3. The molecule has 3 N–H and O–H groups in total. The van der Waals surface area contributed by atoms with E-state index in [1.807, 2.05) is 6.92 Å². The summed E-state index contributed by atoms with van der Waals surface area (Å²) < 4.78 is 36.0. The summed E-state index contributed by atoms with van der Waals surface area (Å²) in [6, 6.07) is 8.38. The number of para-hydroxylation sites is 2. The number of benzene rings is 1. The van der Waals surface area contributed by atoms with Gasteiger partial charge in [-0.2, -0.15) is 10.2 Å². The van der Waals surface area contributed by atoms with E-state index in [0.717, 1.165) is 11.3 Å². The maximum atomic E-state index is 13.8. The number of nitrogens with two attached hydrogens (primary N) is 1. The molecule has 5 aromatic rings. The van der Waals surface area contributed by atoms with Crippen LogP contribution in [0.5, 0.6) is 5.75 Å². The molecule has 0 aliphatic carbocycles. The number of nitrogens with zero attached hydrogens (tertiary/aromatic N) is 6. The van der Waals surface area contributed by atoms with Gasteiger partial charge in [0.05, 0.1) is 16.3 Å². The monoisotopic (exact) mass is 596 g/mol. The number of anilines is 1. The minimum absolute atomic E-state index is 0.00479. The quantitative estimate of drug-likeness (QED) is 0.169. The van der Waals surface area contributed by atoms with Gasteiger partial charge in [0.15, 0.2) is 18.2 Å². The van der Waals surface area contributed by atoms with Crippen LogP contribution in [0.4, 0.5) is 20.2 Å². The number of nitro benzene ring substituents is 1. The van der Waals surface area contributed by atoms with Gasteiger partial charge in [-0.1, -0.05) is 12.1 Å². The van der Waals surface area contributed by atoms with Crippen LogP contribution in [0.2, 0.25) is 0 Å². The normalized spacial score (nSPS) is 11.3. The van der Waals surface area contributed by atoms with Crippen molar-refractivity contribution in [3.05, 3.63) is 80.9 Å². The number of ether oxygens (including phenoxy) is 1. The Labute approximate surface area is 239 Å². The van der Waals surface area contributed by atoms with Crippen molar-refractivity contribution in [3.63, 3.8) is 0 Å². The molecule has 5 rings (SSSR count). The Morgan fingerprint density at radius 1 is 1.19 bits per heavy atom. The number of rotatable bonds is 10. The van der Waals surface area contributed by atoms with Gasteiger partial charge in [-0.25, -0.2) is 18.4 Å². The molecule has 0 atom stereocenters. The van der Waals surface area contributed by atoms with Crippen LogP contribution in [0.25, 0.3) is 21.3 Å². The van der Waals surface area contributed by atoms with Gasteiger partial charge in [0.25, 0.3) is 18.2 Å². The van der Waals surface area contributed by atoms with E-state index in [1.165, 1.54) is 41.2 Å². The molecule has 0 bridgehead atoms. The highest BCUT2D eigenvalue weighted by Gasteiger charge is 2.27. The average molecular weight is 597 g/mol. The SMILES string of the molecule is CCn1cc(-c2cc(C(F)F)nc3sc(C(N)=O)c(NC(=O)c4ccn(COc5ccccc5[N+](=O)[O-])n4)c23)c(C)n1. The molecule has 0 aliphatic rings. The summed E-state index contributed by atoms with van der Waals surface area (Å²) in [5.41, 5.74) is 6.17. The van der Waals surface area contributed by atoms with Crippen molar-refractivity contribution in [1.29, 1.82) is 0 Å². The molecule has 0 radical (unpaired) electrons. The highest BCUT2D eigenvalue weighted by Crippen LogP contribution is 2.43. The molecule has 1 aromatic carbocycles. The van der Waals surface area contributed by atoms with E-state index in [1.54, 1.807) is 23.9 Å². The Balaban J connectivity index is 1.50. The zero-order valence-corrected chi connectivity index (χ0v) is 22.9. The lowest BCUT2D eigenvalue weighted by Gasteiger charge is -2.10. The molecule has 0 unspecified atom stereocenters. The number of primary amides is 1. The molecule has 0 saturated heterocycles. The van der Waals surface area contributed by atoms with E-state index in [-0.39, 0.29) is 44.6 Å². The molecule has 0 spiro atoms. The predicted molar refractivity (Wildman–Crippen MR) is 149 cm³/mol. The van der Waals surface area contributed by atoms with Crippen molar-refractivity contribution in [3.8, 4) is 16.9 Å². The summed E-state index contributed by atoms with van der Waals surface area (Å²) in [5, 5.41) is 22.7. The first-order valence-electron chi connectivity index (χ1n) is 12.4. The number of halogens is 2. The second-order valence-corrected chi connectivity index (χ2v) is 9.92. The Bertz CT molecular complexity index is 1850. The van der Waals surface area contributed by atoms with Gasteiger partial charge in [0, 0.05) is 36.0 Å². The minimum atomic E-state index is -2.89. The number of aromatic nitrogens is 5. The fourth-order valence-corrected chi connectivity index (χ4v) is 5.29. The van der Waals surface area contributed by atoms with E-state index in [9.17, 15) is 28.5 Å². The molecule has 13 nitrogen and oxygen atoms in total. The van der Waals surface area contributed by atoms with Crippen LogP contribution >= 0.6 is 11.3 Å². The molecule has 4 aromatic heterocycles. The van der Waals surface area contributed by atoms with Gasteiger partial charge in [-0.3, -0.25) is 24.4 Å². The van der Waals surface area contributed by atoms with Crippen molar-refractivity contribution in [2.45, 2.75) is 33.5 Å². The van der Waals surface area contributed by atoms with Crippen LogP contribution in [0, 0.1) is 17.0 Å². The molecule has 2 amide bonds. The lowest BCUT2D eigenvalue weighted by molar-refractivity contribution is -0.386. The summed E-state index contributed by atoms with van der Waals surface area (Å²) in [4.78, 5) is 40.3. The van der Waals surface area contributed by atoms with Gasteiger partial charge < -0.3 is 15.8 Å². The maximum absolute atomic E-state index is 13.8. The summed E-state index contributed by atoms with van der Waals surface area (Å²) in [6.45, 7) is 3.88. The van der Waals surface area contributed by atoms with Gasteiger partial charge in [-0.15, -0.1) is 11.3 Å². The van der Waals surface area contributed by atoms with Gasteiger partial charge in [0.2, 0.25) is 0 Å². The number of alkyl halides is 2. The molecule has 0 saturated carbocycles. The number of nitrogens with one attached hydrogen (secondary N) is 1. The molecule has 4 heterocycles. The van der Waals surface area contributed by atoms with E-state index in [2.05, 4.69) is 20.5 Å². The number of pyridine rings is 1. The standard InChI is InChI=1S/C26H22F2N8O5S/c1-3-34-11-15(13(2)32-34)14-10-17(23(27)28)30-26-20(14)21(22(42-26)24(29)37)31-25(38)16-8-9-35(33-16)12-41-19-7-5-4-6-18(19)36(39)40/h4-11,23H,3,12H2,1-2H3,(H2,29,37)(H,31,38). The van der Waals surface area contributed by atoms with E-state index in [0.29, 0.717) is 23.4 Å². The van der Waals surface area contributed by atoms with Crippen molar-refractivity contribution in [2.24, 2.45) is 5.73 Å². The number of hydrogen-bond acceptors (Lipinski definition) is 9. The third kappa shape index (κ3) is 5.38. The summed E-state index contributed by atoms with van der Waals surface area (Å²) in [6.07, 6.45) is 0.218.